The lowest BCUT2D eigenvalue weighted by atomic mass is 10.1. The Kier molecular flexibility index (Phi) is 10.7. The van der Waals surface area contributed by atoms with Crippen molar-refractivity contribution in [2.75, 3.05) is 33.9 Å². The molecule has 0 aliphatic heterocycles. The molecule has 0 bridgehead atoms. The Labute approximate surface area is 199 Å². The van der Waals surface area contributed by atoms with Gasteiger partial charge in [0.1, 0.15) is 13.2 Å². The van der Waals surface area contributed by atoms with E-state index in [9.17, 15) is 19.2 Å². The van der Waals surface area contributed by atoms with Crippen molar-refractivity contribution in [2.45, 2.75) is 52.1 Å². The molecule has 186 valence electrons. The van der Waals surface area contributed by atoms with Crippen LogP contribution < -0.4 is 0 Å². The maximum Gasteiger partial charge on any atom is 0.306 e. The molecule has 0 unspecified atom stereocenters. The van der Waals surface area contributed by atoms with E-state index in [2.05, 4.69) is 4.90 Å². The first-order valence-corrected chi connectivity index (χ1v) is 11.4. The van der Waals surface area contributed by atoms with Gasteiger partial charge in [-0.1, -0.05) is 18.2 Å². The molecule has 0 amide bonds. The fourth-order valence-electron chi connectivity index (χ4n) is 3.45. The van der Waals surface area contributed by atoms with Crippen LogP contribution in [0.5, 0.6) is 0 Å². The van der Waals surface area contributed by atoms with Crippen LogP contribution in [0.4, 0.5) is 0 Å². The molecule has 1 aromatic carbocycles. The number of fused-ring (bicyclic) bond motifs is 1. The molecule has 0 spiro atoms. The monoisotopic (exact) mass is 474 g/mol. The van der Waals surface area contributed by atoms with Gasteiger partial charge in [0.25, 0.3) is 0 Å². The van der Waals surface area contributed by atoms with E-state index in [1.54, 1.807) is 4.57 Å². The minimum Gasteiger partial charge on any atom is -0.462 e. The SMILES string of the molecule is CC(=O)OCC(COC(C)=O)OC(=O)CCCCC(=O)n1cc(CCN(C)C)c2ccccc21. The zero-order valence-electron chi connectivity index (χ0n) is 20.4. The van der Waals surface area contributed by atoms with Crippen LogP contribution in [0.2, 0.25) is 0 Å². The third kappa shape index (κ3) is 8.97. The van der Waals surface area contributed by atoms with E-state index >= 15 is 0 Å². The summed E-state index contributed by atoms with van der Waals surface area (Å²) in [6.07, 6.45) is 3.28. The lowest BCUT2D eigenvalue weighted by molar-refractivity contribution is -0.165. The molecule has 0 aliphatic rings. The van der Waals surface area contributed by atoms with Crippen molar-refractivity contribution in [1.29, 1.82) is 0 Å². The second-order valence-corrected chi connectivity index (χ2v) is 8.41. The van der Waals surface area contributed by atoms with Gasteiger partial charge < -0.3 is 19.1 Å². The average molecular weight is 475 g/mol. The number of hydrogen-bond donors (Lipinski definition) is 0. The predicted octanol–water partition coefficient (Wildman–Crippen LogP) is 2.98. The summed E-state index contributed by atoms with van der Waals surface area (Å²) in [5.41, 5.74) is 2.02. The van der Waals surface area contributed by atoms with Gasteiger partial charge in [0.2, 0.25) is 5.91 Å². The molecule has 0 fully saturated rings. The number of esters is 3. The van der Waals surface area contributed by atoms with Crippen LogP contribution in [0.25, 0.3) is 10.9 Å². The van der Waals surface area contributed by atoms with E-state index in [0.29, 0.717) is 19.3 Å². The van der Waals surface area contributed by atoms with Crippen LogP contribution in [0.3, 0.4) is 0 Å². The van der Waals surface area contributed by atoms with Crippen LogP contribution >= 0.6 is 0 Å². The van der Waals surface area contributed by atoms with E-state index < -0.39 is 24.0 Å². The fourth-order valence-corrected chi connectivity index (χ4v) is 3.45. The summed E-state index contributed by atoms with van der Waals surface area (Å²) in [5.74, 6) is -1.58. The number of nitrogens with zero attached hydrogens (tertiary/aromatic N) is 2. The number of benzene rings is 1. The highest BCUT2D eigenvalue weighted by Gasteiger charge is 2.18. The molecule has 0 atom stereocenters. The molecule has 0 N–H and O–H groups in total. The van der Waals surface area contributed by atoms with Gasteiger partial charge in [-0.05, 0) is 45.0 Å². The number of hydrogen-bond acceptors (Lipinski definition) is 8. The van der Waals surface area contributed by atoms with Crippen LogP contribution in [0, 0.1) is 0 Å². The van der Waals surface area contributed by atoms with Gasteiger partial charge in [-0.25, -0.2) is 0 Å². The number of carbonyl (C=O) groups is 4. The second kappa shape index (κ2) is 13.5. The van der Waals surface area contributed by atoms with Crippen molar-refractivity contribution in [1.82, 2.24) is 9.47 Å². The van der Waals surface area contributed by atoms with E-state index in [-0.39, 0.29) is 25.5 Å². The van der Waals surface area contributed by atoms with E-state index in [0.717, 1.165) is 29.4 Å². The van der Waals surface area contributed by atoms with Crippen LogP contribution in [-0.2, 0) is 35.0 Å². The van der Waals surface area contributed by atoms with E-state index in [1.807, 2.05) is 44.6 Å². The largest absolute Gasteiger partial charge is 0.462 e. The summed E-state index contributed by atoms with van der Waals surface area (Å²) >= 11 is 0. The Balaban J connectivity index is 1.86. The molecule has 1 aromatic heterocycles. The first-order valence-electron chi connectivity index (χ1n) is 11.4. The summed E-state index contributed by atoms with van der Waals surface area (Å²) < 4.78 is 16.7. The molecule has 0 radical (unpaired) electrons. The van der Waals surface area contributed by atoms with E-state index in [1.165, 1.54) is 13.8 Å². The summed E-state index contributed by atoms with van der Waals surface area (Å²) in [6.45, 7) is 2.98. The van der Waals surface area contributed by atoms with Crippen molar-refractivity contribution in [2.24, 2.45) is 0 Å². The molecular formula is C25H34N2O7. The Morgan fingerprint density at radius 1 is 0.941 bits per heavy atom. The molecule has 1 heterocycles. The Morgan fingerprint density at radius 2 is 1.56 bits per heavy atom. The zero-order valence-corrected chi connectivity index (χ0v) is 20.4. The summed E-state index contributed by atoms with van der Waals surface area (Å²) in [5, 5.41) is 1.08. The first kappa shape index (κ1) is 27.0. The normalized spacial score (nSPS) is 11.1. The van der Waals surface area contributed by atoms with Gasteiger partial charge >= 0.3 is 17.9 Å². The van der Waals surface area contributed by atoms with Crippen molar-refractivity contribution in [3.8, 4) is 0 Å². The Morgan fingerprint density at radius 3 is 2.18 bits per heavy atom. The van der Waals surface area contributed by atoms with Gasteiger partial charge in [0.05, 0.1) is 5.52 Å². The maximum absolute atomic E-state index is 12.9. The molecule has 2 rings (SSSR count). The number of aromatic nitrogens is 1. The molecular weight excluding hydrogens is 440 g/mol. The smallest absolute Gasteiger partial charge is 0.306 e. The molecule has 34 heavy (non-hydrogen) atoms. The number of ether oxygens (including phenoxy) is 3. The molecule has 9 heteroatoms. The number of para-hydroxylation sites is 1. The third-order valence-electron chi connectivity index (χ3n) is 5.16. The van der Waals surface area contributed by atoms with Gasteiger partial charge in [0.15, 0.2) is 6.10 Å². The number of likely N-dealkylation sites (N-methyl/N-ethyl adjacent to an activating group) is 1. The minimum absolute atomic E-state index is 0.0248. The van der Waals surface area contributed by atoms with Gasteiger partial charge in [-0.3, -0.25) is 23.7 Å². The highest BCUT2D eigenvalue weighted by Crippen LogP contribution is 2.23. The Hall–Kier alpha value is -3.20. The van der Waals surface area contributed by atoms with Crippen molar-refractivity contribution < 1.29 is 33.4 Å². The molecule has 0 aliphatic carbocycles. The number of carbonyl (C=O) groups excluding carboxylic acids is 4. The second-order valence-electron chi connectivity index (χ2n) is 8.41. The number of unbranched alkanes of at least 4 members (excludes halogenated alkanes) is 1. The minimum atomic E-state index is -0.867. The summed E-state index contributed by atoms with van der Waals surface area (Å²) in [7, 11) is 4.04. The number of rotatable bonds is 13. The highest BCUT2D eigenvalue weighted by atomic mass is 16.6. The molecule has 2 aromatic rings. The highest BCUT2D eigenvalue weighted by molar-refractivity contribution is 5.94. The standard InChI is InChI=1S/C25H34N2O7/c1-18(28)32-16-21(17-33-19(2)29)34-25(31)12-8-7-11-24(30)27-15-20(13-14-26(3)4)22-9-5-6-10-23(22)27/h5-6,9-10,15,21H,7-8,11-14,16-17H2,1-4H3. The van der Waals surface area contributed by atoms with Crippen LogP contribution in [0.1, 0.15) is 49.9 Å². The van der Waals surface area contributed by atoms with Gasteiger partial charge in [0, 0.05) is 44.8 Å². The van der Waals surface area contributed by atoms with Crippen molar-refractivity contribution in [3.05, 3.63) is 36.0 Å². The fraction of sp³-hybridized carbons (Fsp3) is 0.520. The van der Waals surface area contributed by atoms with E-state index in [4.69, 9.17) is 14.2 Å². The summed E-state index contributed by atoms with van der Waals surface area (Å²) in [6, 6.07) is 7.86. The Bertz CT molecular complexity index is 978. The lowest BCUT2D eigenvalue weighted by Gasteiger charge is -2.17. The first-order chi connectivity index (χ1) is 16.2. The lowest BCUT2D eigenvalue weighted by Crippen LogP contribution is -2.30. The third-order valence-corrected chi connectivity index (χ3v) is 5.16. The van der Waals surface area contributed by atoms with Crippen molar-refractivity contribution in [3.63, 3.8) is 0 Å². The van der Waals surface area contributed by atoms with Crippen LogP contribution in [-0.4, -0.2) is 73.2 Å². The molecule has 9 nitrogen and oxygen atoms in total. The maximum atomic E-state index is 12.9. The van der Waals surface area contributed by atoms with Crippen molar-refractivity contribution >= 4 is 34.7 Å². The van der Waals surface area contributed by atoms with Crippen LogP contribution in [0.15, 0.2) is 30.5 Å². The molecule has 0 saturated heterocycles. The zero-order chi connectivity index (χ0) is 25.1. The average Bonchev–Trinajstić information content (AvgIpc) is 3.15. The summed E-state index contributed by atoms with van der Waals surface area (Å²) in [4.78, 5) is 49.2. The van der Waals surface area contributed by atoms with Gasteiger partial charge in [-0.15, -0.1) is 0 Å². The topological polar surface area (TPSA) is 104 Å². The predicted molar refractivity (Wildman–Crippen MR) is 126 cm³/mol. The van der Waals surface area contributed by atoms with Gasteiger partial charge in [-0.2, -0.15) is 0 Å². The quantitative estimate of drug-likeness (QED) is 0.248. The molecule has 0 saturated carbocycles.